The quantitative estimate of drug-likeness (QED) is 0.770. The van der Waals surface area contributed by atoms with Gasteiger partial charge in [0.25, 0.3) is 0 Å². The predicted molar refractivity (Wildman–Crippen MR) is 70.3 cm³/mol. The lowest BCUT2D eigenvalue weighted by Crippen LogP contribution is -2.30. The molecule has 0 aliphatic rings. The summed E-state index contributed by atoms with van der Waals surface area (Å²) in [7, 11) is 0. The molecule has 0 aromatic heterocycles. The fourth-order valence-electron chi connectivity index (χ4n) is 2.01. The number of hydrogen-bond donors (Lipinski definition) is 2. The second-order valence-electron chi connectivity index (χ2n) is 4.58. The summed E-state index contributed by atoms with van der Waals surface area (Å²) < 4.78 is 0. The van der Waals surface area contributed by atoms with Crippen LogP contribution in [0.15, 0.2) is 24.3 Å². The normalized spacial score (nSPS) is 13.1. The van der Waals surface area contributed by atoms with Crippen LogP contribution in [0.25, 0.3) is 0 Å². The molecule has 0 aliphatic heterocycles. The second-order valence-corrected chi connectivity index (χ2v) is 4.58. The molecule has 1 rings (SSSR count). The van der Waals surface area contributed by atoms with E-state index in [1.807, 2.05) is 0 Å². The molecular weight excluding hydrogens is 196 g/mol. The van der Waals surface area contributed by atoms with Gasteiger partial charge in [-0.3, -0.25) is 0 Å². The van der Waals surface area contributed by atoms with Crippen LogP contribution < -0.4 is 11.5 Å². The molecule has 0 radical (unpaired) electrons. The minimum absolute atomic E-state index is 0.436. The molecule has 0 saturated heterocycles. The molecule has 2 nitrogen and oxygen atoms in total. The van der Waals surface area contributed by atoms with E-state index in [0.29, 0.717) is 24.9 Å². The topological polar surface area (TPSA) is 52.0 Å². The average molecular weight is 220 g/mol. The van der Waals surface area contributed by atoms with Gasteiger partial charge in [0, 0.05) is 0 Å². The van der Waals surface area contributed by atoms with Crippen LogP contribution in [0, 0.1) is 11.8 Å². The van der Waals surface area contributed by atoms with Crippen molar-refractivity contribution in [2.45, 2.75) is 26.7 Å². The number of rotatable bonds is 6. The van der Waals surface area contributed by atoms with Gasteiger partial charge in [-0.15, -0.1) is 0 Å². The minimum atomic E-state index is 0.436. The molecule has 0 spiro atoms. The lowest BCUT2D eigenvalue weighted by molar-refractivity contribution is 0.372. The third-order valence-electron chi connectivity index (χ3n) is 3.40. The van der Waals surface area contributed by atoms with Gasteiger partial charge in [-0.05, 0) is 48.9 Å². The van der Waals surface area contributed by atoms with Crippen molar-refractivity contribution >= 4 is 0 Å². The van der Waals surface area contributed by atoms with E-state index in [1.54, 1.807) is 0 Å². The molecule has 4 N–H and O–H groups in total. The van der Waals surface area contributed by atoms with Crippen molar-refractivity contribution in [2.75, 3.05) is 13.1 Å². The summed E-state index contributed by atoms with van der Waals surface area (Å²) in [6, 6.07) is 8.86. The lowest BCUT2D eigenvalue weighted by Gasteiger charge is -2.20. The highest BCUT2D eigenvalue weighted by Gasteiger charge is 2.14. The molecule has 1 aromatic rings. The summed E-state index contributed by atoms with van der Waals surface area (Å²) in [5.41, 5.74) is 14.2. The van der Waals surface area contributed by atoms with Gasteiger partial charge < -0.3 is 11.5 Å². The third-order valence-corrected chi connectivity index (χ3v) is 3.40. The van der Waals surface area contributed by atoms with Crippen molar-refractivity contribution in [1.29, 1.82) is 0 Å². The molecular formula is C14H24N2. The van der Waals surface area contributed by atoms with E-state index in [2.05, 4.69) is 38.1 Å². The summed E-state index contributed by atoms with van der Waals surface area (Å²) in [5, 5.41) is 0. The molecule has 0 amide bonds. The van der Waals surface area contributed by atoms with Crippen LogP contribution in [-0.4, -0.2) is 13.1 Å². The molecule has 0 saturated carbocycles. The van der Waals surface area contributed by atoms with Gasteiger partial charge in [-0.1, -0.05) is 38.1 Å². The second kappa shape index (κ2) is 6.66. The SMILES string of the molecule is CCc1ccc(CC(C)C(CN)CN)cc1. The monoisotopic (exact) mass is 220 g/mol. The molecule has 1 aromatic carbocycles. The maximum absolute atomic E-state index is 5.70. The van der Waals surface area contributed by atoms with Gasteiger partial charge in [-0.2, -0.15) is 0 Å². The standard InChI is InChI=1S/C14H24N2/c1-3-12-4-6-13(7-5-12)8-11(2)14(9-15)10-16/h4-7,11,14H,3,8-10,15-16H2,1-2H3. The van der Waals surface area contributed by atoms with E-state index in [1.165, 1.54) is 11.1 Å². The number of aryl methyl sites for hydroxylation is 1. The summed E-state index contributed by atoms with van der Waals surface area (Å²) in [6.45, 7) is 5.78. The Labute approximate surface area is 99.0 Å². The van der Waals surface area contributed by atoms with Crippen LogP contribution in [0.1, 0.15) is 25.0 Å². The van der Waals surface area contributed by atoms with Crippen molar-refractivity contribution < 1.29 is 0 Å². The molecule has 2 heteroatoms. The van der Waals surface area contributed by atoms with Crippen molar-refractivity contribution in [3.8, 4) is 0 Å². The molecule has 0 heterocycles. The predicted octanol–water partition coefficient (Wildman–Crippen LogP) is 1.96. The molecule has 16 heavy (non-hydrogen) atoms. The Morgan fingerprint density at radius 3 is 1.94 bits per heavy atom. The summed E-state index contributed by atoms with van der Waals surface area (Å²) >= 11 is 0. The van der Waals surface area contributed by atoms with E-state index in [0.717, 1.165) is 12.8 Å². The molecule has 1 unspecified atom stereocenters. The Morgan fingerprint density at radius 2 is 1.50 bits per heavy atom. The van der Waals surface area contributed by atoms with E-state index < -0.39 is 0 Å². The zero-order valence-corrected chi connectivity index (χ0v) is 10.4. The highest BCUT2D eigenvalue weighted by atomic mass is 14.6. The van der Waals surface area contributed by atoms with Crippen LogP contribution in [0.3, 0.4) is 0 Å². The minimum Gasteiger partial charge on any atom is -0.330 e. The highest BCUT2D eigenvalue weighted by Crippen LogP contribution is 2.16. The maximum atomic E-state index is 5.70. The Bertz CT molecular complexity index is 288. The number of benzene rings is 1. The molecule has 90 valence electrons. The lowest BCUT2D eigenvalue weighted by atomic mass is 9.88. The van der Waals surface area contributed by atoms with Crippen LogP contribution in [0.5, 0.6) is 0 Å². The Hall–Kier alpha value is -0.860. The van der Waals surface area contributed by atoms with Gasteiger partial charge in [0.1, 0.15) is 0 Å². The van der Waals surface area contributed by atoms with Gasteiger partial charge in [-0.25, -0.2) is 0 Å². The Morgan fingerprint density at radius 1 is 1.00 bits per heavy atom. The molecule has 0 fully saturated rings. The largest absolute Gasteiger partial charge is 0.330 e. The smallest absolute Gasteiger partial charge is 0.00341 e. The van der Waals surface area contributed by atoms with Gasteiger partial charge in [0.15, 0.2) is 0 Å². The first-order chi connectivity index (χ1) is 7.71. The molecule has 0 bridgehead atoms. The third kappa shape index (κ3) is 3.62. The summed E-state index contributed by atoms with van der Waals surface area (Å²) in [4.78, 5) is 0. The van der Waals surface area contributed by atoms with Gasteiger partial charge >= 0.3 is 0 Å². The van der Waals surface area contributed by atoms with Crippen molar-refractivity contribution in [3.05, 3.63) is 35.4 Å². The Balaban J connectivity index is 2.58. The Kier molecular flexibility index (Phi) is 5.50. The average Bonchev–Trinajstić information content (AvgIpc) is 2.31. The summed E-state index contributed by atoms with van der Waals surface area (Å²) in [6.07, 6.45) is 2.17. The van der Waals surface area contributed by atoms with Crippen molar-refractivity contribution in [2.24, 2.45) is 23.3 Å². The van der Waals surface area contributed by atoms with Crippen molar-refractivity contribution in [3.63, 3.8) is 0 Å². The fourth-order valence-corrected chi connectivity index (χ4v) is 2.01. The van der Waals surface area contributed by atoms with E-state index in [4.69, 9.17) is 11.5 Å². The van der Waals surface area contributed by atoms with Crippen LogP contribution in [0.2, 0.25) is 0 Å². The zero-order valence-electron chi connectivity index (χ0n) is 10.4. The zero-order chi connectivity index (χ0) is 12.0. The van der Waals surface area contributed by atoms with Gasteiger partial charge in [0.05, 0.1) is 0 Å². The molecule has 1 atom stereocenters. The molecule has 0 aliphatic carbocycles. The first-order valence-corrected chi connectivity index (χ1v) is 6.19. The van der Waals surface area contributed by atoms with E-state index in [9.17, 15) is 0 Å². The van der Waals surface area contributed by atoms with E-state index in [-0.39, 0.29) is 0 Å². The highest BCUT2D eigenvalue weighted by molar-refractivity contribution is 5.22. The van der Waals surface area contributed by atoms with Crippen LogP contribution >= 0.6 is 0 Å². The first kappa shape index (κ1) is 13.2. The fraction of sp³-hybridized carbons (Fsp3) is 0.571. The first-order valence-electron chi connectivity index (χ1n) is 6.19. The number of nitrogens with two attached hydrogens (primary N) is 2. The van der Waals surface area contributed by atoms with Crippen LogP contribution in [0.4, 0.5) is 0 Å². The summed E-state index contributed by atoms with van der Waals surface area (Å²) in [5.74, 6) is 0.994. The van der Waals surface area contributed by atoms with E-state index >= 15 is 0 Å². The van der Waals surface area contributed by atoms with Crippen molar-refractivity contribution in [1.82, 2.24) is 0 Å². The number of hydrogen-bond acceptors (Lipinski definition) is 2. The maximum Gasteiger partial charge on any atom is -0.00341 e. The van der Waals surface area contributed by atoms with Gasteiger partial charge in [0.2, 0.25) is 0 Å². The van der Waals surface area contributed by atoms with Crippen LogP contribution in [-0.2, 0) is 12.8 Å².